The maximum Gasteiger partial charge on any atom is 0.312 e. The molecule has 1 aliphatic heterocycles. The molecular weight excluding hydrogens is 216 g/mol. The number of halogens is 1. The van der Waals surface area contributed by atoms with Crippen molar-refractivity contribution < 1.29 is 4.79 Å². The summed E-state index contributed by atoms with van der Waals surface area (Å²) in [7, 11) is 0. The van der Waals surface area contributed by atoms with Crippen molar-refractivity contribution in [1.29, 1.82) is 0 Å². The van der Waals surface area contributed by atoms with Crippen molar-refractivity contribution >= 4 is 23.8 Å². The van der Waals surface area contributed by atoms with Gasteiger partial charge in [-0.2, -0.15) is 5.10 Å². The number of carbonyl (C=O) groups excluding carboxylic acids is 1. The van der Waals surface area contributed by atoms with Gasteiger partial charge in [0.25, 0.3) is 0 Å². The van der Waals surface area contributed by atoms with Gasteiger partial charge in [-0.25, -0.2) is 0 Å². The molecule has 0 atom stereocenters. The van der Waals surface area contributed by atoms with Crippen LogP contribution in [0.2, 0.25) is 5.02 Å². The fourth-order valence-corrected chi connectivity index (χ4v) is 1.66. The van der Waals surface area contributed by atoms with Gasteiger partial charge in [-0.05, 0) is 0 Å². The molecule has 0 aliphatic carbocycles. The molecule has 0 saturated carbocycles. The van der Waals surface area contributed by atoms with Crippen molar-refractivity contribution in [3.63, 3.8) is 0 Å². The van der Waals surface area contributed by atoms with E-state index in [2.05, 4.69) is 10.2 Å². The molecule has 0 unspecified atom stereocenters. The van der Waals surface area contributed by atoms with E-state index in [1.807, 2.05) is 11.3 Å². The van der Waals surface area contributed by atoms with E-state index in [1.165, 1.54) is 6.20 Å². The van der Waals surface area contributed by atoms with Crippen LogP contribution in [0.25, 0.3) is 0 Å². The molecule has 0 aromatic carbocycles. The maximum absolute atomic E-state index is 10.4. The molecular formula is C9H10ClN4O. The van der Waals surface area contributed by atoms with Crippen molar-refractivity contribution in [3.05, 3.63) is 17.3 Å². The third-order valence-electron chi connectivity index (χ3n) is 2.34. The van der Waals surface area contributed by atoms with E-state index in [4.69, 9.17) is 11.6 Å². The minimum atomic E-state index is 0.573. The first kappa shape index (κ1) is 10.2. The smallest absolute Gasteiger partial charge is 0.312 e. The molecule has 79 valence electrons. The molecule has 1 aromatic rings. The lowest BCUT2D eigenvalue weighted by molar-refractivity contribution is 0.355. The highest BCUT2D eigenvalue weighted by molar-refractivity contribution is 6.30. The summed E-state index contributed by atoms with van der Waals surface area (Å²) in [5, 5.41) is 8.35. The molecule has 1 saturated heterocycles. The standard InChI is InChI=1S/C9H10ClN4O/c10-8-5-9(12-11-6-8)14-3-1-13(7-15)2-4-14/h5-6H,1-4H2. The monoisotopic (exact) mass is 225 g/mol. The molecule has 1 aliphatic rings. The average molecular weight is 226 g/mol. The highest BCUT2D eigenvalue weighted by atomic mass is 35.5. The van der Waals surface area contributed by atoms with E-state index >= 15 is 0 Å². The van der Waals surface area contributed by atoms with Crippen LogP contribution < -0.4 is 4.90 Å². The van der Waals surface area contributed by atoms with Crippen molar-refractivity contribution in [2.45, 2.75) is 0 Å². The van der Waals surface area contributed by atoms with E-state index in [9.17, 15) is 4.79 Å². The molecule has 2 rings (SSSR count). The van der Waals surface area contributed by atoms with Crippen LogP contribution in [0.5, 0.6) is 0 Å². The third kappa shape index (κ3) is 2.36. The van der Waals surface area contributed by atoms with Crippen LogP contribution in [0.3, 0.4) is 0 Å². The molecule has 1 fully saturated rings. The summed E-state index contributed by atoms with van der Waals surface area (Å²) in [6, 6.07) is 1.77. The zero-order valence-electron chi connectivity index (χ0n) is 8.06. The van der Waals surface area contributed by atoms with Gasteiger partial charge in [0, 0.05) is 32.2 Å². The lowest BCUT2D eigenvalue weighted by atomic mass is 10.3. The van der Waals surface area contributed by atoms with Gasteiger partial charge in [-0.1, -0.05) is 11.6 Å². The molecule has 1 amide bonds. The summed E-state index contributed by atoms with van der Waals surface area (Å²) in [5.41, 5.74) is 0. The summed E-state index contributed by atoms with van der Waals surface area (Å²) in [4.78, 5) is 14.1. The van der Waals surface area contributed by atoms with Crippen LogP contribution >= 0.6 is 11.6 Å². The second kappa shape index (κ2) is 4.44. The SMILES string of the molecule is O=[C]N1CCN(c2cc(Cl)cnn2)CC1. The third-order valence-corrected chi connectivity index (χ3v) is 2.55. The average Bonchev–Trinajstić information content (AvgIpc) is 2.29. The quantitative estimate of drug-likeness (QED) is 0.728. The van der Waals surface area contributed by atoms with E-state index in [1.54, 1.807) is 11.0 Å². The molecule has 0 bridgehead atoms. The van der Waals surface area contributed by atoms with E-state index in [0.29, 0.717) is 18.1 Å². The number of hydrogen-bond donors (Lipinski definition) is 0. The zero-order valence-corrected chi connectivity index (χ0v) is 8.81. The summed E-state index contributed by atoms with van der Waals surface area (Å²) < 4.78 is 0. The van der Waals surface area contributed by atoms with Crippen molar-refractivity contribution in [1.82, 2.24) is 15.1 Å². The largest absolute Gasteiger partial charge is 0.352 e. The molecule has 1 aromatic heterocycles. The Labute approximate surface area is 92.6 Å². The number of piperazine rings is 1. The Morgan fingerprint density at radius 2 is 2.07 bits per heavy atom. The Hall–Kier alpha value is -1.36. The Balaban J connectivity index is 2.04. The number of anilines is 1. The summed E-state index contributed by atoms with van der Waals surface area (Å²) >= 11 is 5.82. The number of nitrogens with zero attached hydrogens (tertiary/aromatic N) is 4. The van der Waals surface area contributed by atoms with Crippen LogP contribution in [0.1, 0.15) is 0 Å². The predicted molar refractivity (Wildman–Crippen MR) is 56.5 cm³/mol. The van der Waals surface area contributed by atoms with Crippen LogP contribution in [0.4, 0.5) is 5.82 Å². The molecule has 0 N–H and O–H groups in total. The van der Waals surface area contributed by atoms with Crippen LogP contribution in [-0.2, 0) is 4.79 Å². The summed E-state index contributed by atoms with van der Waals surface area (Å²) in [5.74, 6) is 0.757. The maximum atomic E-state index is 10.4. The van der Waals surface area contributed by atoms with E-state index < -0.39 is 0 Å². The number of hydrogen-bond acceptors (Lipinski definition) is 4. The lowest BCUT2D eigenvalue weighted by Crippen LogP contribution is -2.46. The second-order valence-corrected chi connectivity index (χ2v) is 3.73. The zero-order chi connectivity index (χ0) is 10.7. The first-order valence-corrected chi connectivity index (χ1v) is 5.03. The van der Waals surface area contributed by atoms with Gasteiger partial charge in [0.15, 0.2) is 5.82 Å². The highest BCUT2D eigenvalue weighted by Crippen LogP contribution is 2.16. The van der Waals surface area contributed by atoms with Gasteiger partial charge in [-0.15, -0.1) is 5.10 Å². The fourth-order valence-electron chi connectivity index (χ4n) is 1.51. The van der Waals surface area contributed by atoms with Gasteiger partial charge in [0.05, 0.1) is 11.2 Å². The number of aromatic nitrogens is 2. The molecule has 15 heavy (non-hydrogen) atoms. The van der Waals surface area contributed by atoms with Gasteiger partial charge in [0.2, 0.25) is 0 Å². The first-order valence-electron chi connectivity index (χ1n) is 4.65. The Morgan fingerprint density at radius 1 is 1.33 bits per heavy atom. The van der Waals surface area contributed by atoms with Crippen LogP contribution in [0, 0.1) is 0 Å². The van der Waals surface area contributed by atoms with Crippen LogP contribution in [-0.4, -0.2) is 47.7 Å². The predicted octanol–water partition coefficient (Wildman–Crippen LogP) is 0.319. The fraction of sp³-hybridized carbons (Fsp3) is 0.444. The molecule has 2 heterocycles. The molecule has 0 spiro atoms. The number of rotatable bonds is 2. The van der Waals surface area contributed by atoms with Crippen molar-refractivity contribution in [2.24, 2.45) is 0 Å². The van der Waals surface area contributed by atoms with Gasteiger partial charge >= 0.3 is 6.41 Å². The summed E-state index contributed by atoms with van der Waals surface area (Å²) in [6.07, 6.45) is 3.38. The minimum Gasteiger partial charge on any atom is -0.352 e. The number of amides is 1. The first-order chi connectivity index (χ1) is 7.29. The molecule has 1 radical (unpaired) electrons. The molecule has 6 heteroatoms. The Morgan fingerprint density at radius 3 is 2.67 bits per heavy atom. The topological polar surface area (TPSA) is 49.3 Å². The van der Waals surface area contributed by atoms with Gasteiger partial charge < -0.3 is 9.80 Å². The van der Waals surface area contributed by atoms with Crippen molar-refractivity contribution in [2.75, 3.05) is 31.1 Å². The van der Waals surface area contributed by atoms with Crippen molar-refractivity contribution in [3.8, 4) is 0 Å². The highest BCUT2D eigenvalue weighted by Gasteiger charge is 2.17. The minimum absolute atomic E-state index is 0.573. The van der Waals surface area contributed by atoms with Crippen LogP contribution in [0.15, 0.2) is 12.3 Å². The van der Waals surface area contributed by atoms with E-state index in [-0.39, 0.29) is 0 Å². The van der Waals surface area contributed by atoms with Gasteiger partial charge in [0.1, 0.15) is 0 Å². The summed E-state index contributed by atoms with van der Waals surface area (Å²) in [6.45, 7) is 2.81. The normalized spacial score (nSPS) is 16.6. The lowest BCUT2D eigenvalue weighted by Gasteiger charge is -2.32. The van der Waals surface area contributed by atoms with E-state index in [0.717, 1.165) is 18.9 Å². The second-order valence-electron chi connectivity index (χ2n) is 3.30. The van der Waals surface area contributed by atoms with Gasteiger partial charge in [-0.3, -0.25) is 4.79 Å². The Bertz CT molecular complexity index is 352. The molecule has 5 nitrogen and oxygen atoms in total. The Kier molecular flexibility index (Phi) is 3.01.